The first kappa shape index (κ1) is 34.0. The lowest BCUT2D eigenvalue weighted by molar-refractivity contribution is -0.116. The zero-order valence-corrected chi connectivity index (χ0v) is 17.0. The Kier molecular flexibility index (Phi) is 30.8. The normalized spacial score (nSPS) is 10.8. The van der Waals surface area contributed by atoms with Crippen molar-refractivity contribution in [2.24, 2.45) is 0 Å². The van der Waals surface area contributed by atoms with Crippen molar-refractivity contribution in [3.63, 3.8) is 0 Å². The van der Waals surface area contributed by atoms with Crippen LogP contribution in [0.5, 0.6) is 0 Å². The van der Waals surface area contributed by atoms with Crippen molar-refractivity contribution in [1.82, 2.24) is 0 Å². The second kappa shape index (κ2) is 23.5. The summed E-state index contributed by atoms with van der Waals surface area (Å²) in [5.74, 6) is 0.910. The van der Waals surface area contributed by atoms with Crippen LogP contribution in [-0.4, -0.2) is 40.4 Å². The molecule has 164 valence electrons. The number of hydrogen-bond donors (Lipinski definition) is 7. The summed E-state index contributed by atoms with van der Waals surface area (Å²) >= 11 is 1.14. The maximum Gasteiger partial charge on any atom is 0.466 e. The van der Waals surface area contributed by atoms with Gasteiger partial charge in [0.05, 0.1) is 0 Å². The highest BCUT2D eigenvalue weighted by Crippen LogP contribution is 2.26. The minimum Gasteiger partial charge on any atom is -0.303 e. The average molecular weight is 446 g/mol. The van der Waals surface area contributed by atoms with Gasteiger partial charge in [-0.3, -0.25) is 0 Å². The minimum absolute atomic E-state index is 0. The standard InChI is InChI=1S/C12H26O2S.CH4.2H3O4P/c1-2-3-4-5-6-7-8-9-10-11-12-15-14-13;;2*1-5(2,3)4/h13H,2-12H2,1H3;1H4;2*(H3,1,2,3,4). The maximum absolute atomic E-state index is 8.88. The highest BCUT2D eigenvalue weighted by atomic mass is 32.2. The number of rotatable bonds is 12. The van der Waals surface area contributed by atoms with Crippen LogP contribution in [0.2, 0.25) is 0 Å². The summed E-state index contributed by atoms with van der Waals surface area (Å²) < 4.78 is 21.7. The first-order chi connectivity index (χ1) is 11.4. The molecule has 10 nitrogen and oxygen atoms in total. The third kappa shape index (κ3) is 86.6. The molecule has 0 rings (SSSR count). The van der Waals surface area contributed by atoms with Crippen molar-refractivity contribution >= 4 is 27.7 Å². The molecule has 0 saturated heterocycles. The predicted octanol–water partition coefficient (Wildman–Crippen LogP) is 3.82. The minimum atomic E-state index is -4.64. The van der Waals surface area contributed by atoms with E-state index in [0.717, 1.165) is 24.2 Å². The molecule has 0 aliphatic heterocycles. The molecular weight excluding hydrogens is 410 g/mol. The zero-order chi connectivity index (χ0) is 20.2. The van der Waals surface area contributed by atoms with E-state index >= 15 is 0 Å². The molecule has 0 atom stereocenters. The topological polar surface area (TPSA) is 185 Å². The van der Waals surface area contributed by atoms with E-state index in [1.807, 2.05) is 0 Å². The van der Waals surface area contributed by atoms with E-state index in [2.05, 4.69) is 11.3 Å². The Hall–Kier alpha value is 0.490. The van der Waals surface area contributed by atoms with Gasteiger partial charge in [-0.15, -0.1) is 0 Å². The van der Waals surface area contributed by atoms with Crippen LogP contribution in [-0.2, 0) is 13.5 Å². The molecule has 0 amide bonds. The molecule has 0 unspecified atom stereocenters. The van der Waals surface area contributed by atoms with Gasteiger partial charge in [-0.25, -0.2) is 14.4 Å². The van der Waals surface area contributed by atoms with Crippen LogP contribution in [0.15, 0.2) is 0 Å². The van der Waals surface area contributed by atoms with Crippen molar-refractivity contribution in [2.75, 3.05) is 5.75 Å². The van der Waals surface area contributed by atoms with Crippen LogP contribution in [0.25, 0.3) is 0 Å². The molecule has 0 aliphatic carbocycles. The zero-order valence-electron chi connectivity index (χ0n) is 14.4. The van der Waals surface area contributed by atoms with Gasteiger partial charge in [0.15, 0.2) is 0 Å². The second-order valence-corrected chi connectivity index (χ2v) is 7.95. The molecular formula is C13H36O10P2S. The van der Waals surface area contributed by atoms with Crippen LogP contribution >= 0.6 is 27.7 Å². The van der Waals surface area contributed by atoms with Gasteiger partial charge >= 0.3 is 15.6 Å². The molecule has 7 N–H and O–H groups in total. The summed E-state index contributed by atoms with van der Waals surface area (Å²) in [6.45, 7) is 2.26. The summed E-state index contributed by atoms with van der Waals surface area (Å²) in [7, 11) is -9.28. The van der Waals surface area contributed by atoms with Crippen LogP contribution in [0.3, 0.4) is 0 Å². The highest BCUT2D eigenvalue weighted by molar-refractivity contribution is 7.94. The first-order valence-electron chi connectivity index (χ1n) is 7.91. The van der Waals surface area contributed by atoms with E-state index in [-0.39, 0.29) is 7.43 Å². The molecule has 0 bridgehead atoms. The van der Waals surface area contributed by atoms with Crippen LogP contribution in [0, 0.1) is 0 Å². The molecule has 0 aromatic rings. The smallest absolute Gasteiger partial charge is 0.303 e. The third-order valence-corrected chi connectivity index (χ3v) is 3.19. The van der Waals surface area contributed by atoms with Crippen LogP contribution < -0.4 is 0 Å². The van der Waals surface area contributed by atoms with Gasteiger partial charge < -0.3 is 29.4 Å². The molecule has 26 heavy (non-hydrogen) atoms. The summed E-state index contributed by atoms with van der Waals surface area (Å²) in [6, 6.07) is 0. The van der Waals surface area contributed by atoms with Crippen LogP contribution in [0.4, 0.5) is 0 Å². The summed E-state index contributed by atoms with van der Waals surface area (Å²) in [6.07, 6.45) is 13.5. The Labute approximate surface area is 160 Å². The first-order valence-corrected chi connectivity index (χ1v) is 12.0. The molecule has 13 heteroatoms. The molecule has 0 fully saturated rings. The van der Waals surface area contributed by atoms with E-state index in [4.69, 9.17) is 43.7 Å². The monoisotopic (exact) mass is 446 g/mol. The Morgan fingerprint density at radius 3 is 1.23 bits per heavy atom. The van der Waals surface area contributed by atoms with Crippen molar-refractivity contribution in [3.8, 4) is 0 Å². The van der Waals surface area contributed by atoms with Gasteiger partial charge in [-0.2, -0.15) is 4.33 Å². The lowest BCUT2D eigenvalue weighted by Crippen LogP contribution is -1.84. The Balaban J connectivity index is -0.000000182. The Bertz CT molecular complexity index is 299. The molecule has 0 radical (unpaired) electrons. The van der Waals surface area contributed by atoms with Crippen molar-refractivity contribution < 1.29 is 48.1 Å². The van der Waals surface area contributed by atoms with Gasteiger partial charge in [-0.1, -0.05) is 72.1 Å². The van der Waals surface area contributed by atoms with Crippen molar-refractivity contribution in [1.29, 1.82) is 0 Å². The van der Waals surface area contributed by atoms with Gasteiger partial charge in [-0.05, 0) is 6.42 Å². The van der Waals surface area contributed by atoms with Crippen molar-refractivity contribution in [2.45, 2.75) is 78.6 Å². The summed E-state index contributed by atoms with van der Waals surface area (Å²) in [4.78, 5) is 43.1. The maximum atomic E-state index is 8.88. The fourth-order valence-corrected chi connectivity index (χ4v) is 2.08. The highest BCUT2D eigenvalue weighted by Gasteiger charge is 2.00. The van der Waals surface area contributed by atoms with Crippen molar-refractivity contribution in [3.05, 3.63) is 0 Å². The van der Waals surface area contributed by atoms with E-state index in [1.165, 1.54) is 57.8 Å². The second-order valence-electron chi connectivity index (χ2n) is 5.11. The van der Waals surface area contributed by atoms with E-state index in [0.29, 0.717) is 0 Å². The lowest BCUT2D eigenvalue weighted by atomic mass is 10.1. The molecule has 0 spiro atoms. The molecule has 0 aliphatic rings. The molecule has 0 aromatic heterocycles. The summed E-state index contributed by atoms with van der Waals surface area (Å²) in [5, 5.41) is 8.07. The summed E-state index contributed by atoms with van der Waals surface area (Å²) in [5.41, 5.74) is 0. The van der Waals surface area contributed by atoms with Crippen LogP contribution in [0.1, 0.15) is 78.6 Å². The fraction of sp³-hybridized carbons (Fsp3) is 1.00. The molecule has 0 saturated carbocycles. The lowest BCUT2D eigenvalue weighted by Gasteiger charge is -2.01. The molecule has 0 heterocycles. The Morgan fingerprint density at radius 2 is 0.962 bits per heavy atom. The van der Waals surface area contributed by atoms with E-state index < -0.39 is 15.6 Å². The third-order valence-electron chi connectivity index (χ3n) is 2.63. The average Bonchev–Trinajstić information content (AvgIpc) is 2.41. The number of phosphoric acid groups is 2. The number of hydrogen-bond acceptors (Lipinski definition) is 5. The predicted molar refractivity (Wildman–Crippen MR) is 103 cm³/mol. The molecule has 0 aromatic carbocycles. The van der Waals surface area contributed by atoms with Gasteiger partial charge in [0.25, 0.3) is 0 Å². The van der Waals surface area contributed by atoms with Gasteiger partial charge in [0, 0.05) is 17.8 Å². The number of unbranched alkanes of at least 4 members (excludes halogenated alkanes) is 9. The van der Waals surface area contributed by atoms with E-state index in [9.17, 15) is 0 Å². The Morgan fingerprint density at radius 1 is 0.692 bits per heavy atom. The van der Waals surface area contributed by atoms with Gasteiger partial charge in [0.2, 0.25) is 0 Å². The van der Waals surface area contributed by atoms with Gasteiger partial charge in [0.1, 0.15) is 0 Å². The SMILES string of the molecule is C.CCCCCCCCCCCCSOO.O=P(O)(O)O.O=P(O)(O)O. The van der Waals surface area contributed by atoms with E-state index in [1.54, 1.807) is 0 Å². The largest absolute Gasteiger partial charge is 0.466 e. The quantitative estimate of drug-likeness (QED) is 0.0759. The fourth-order valence-electron chi connectivity index (χ4n) is 1.69.